The molecule has 1 spiro atoms. The lowest BCUT2D eigenvalue weighted by Gasteiger charge is -2.46. The third-order valence-corrected chi connectivity index (χ3v) is 5.10. The standard InChI is InChI=1S/C15H30N2O2/c1-3-13(18-2)14(17-16)12-7-10-19-15(11-12)8-5-4-6-9-15/h12-14,17H,3-11,16H2,1-2H3. The Morgan fingerprint density at radius 3 is 2.68 bits per heavy atom. The van der Waals surface area contributed by atoms with Crippen LogP contribution in [0.5, 0.6) is 0 Å². The van der Waals surface area contributed by atoms with E-state index in [4.69, 9.17) is 15.3 Å². The molecule has 19 heavy (non-hydrogen) atoms. The SMILES string of the molecule is CCC(OC)C(NN)C1CCOC2(CCCCC2)C1. The normalized spacial score (nSPS) is 30.2. The van der Waals surface area contributed by atoms with Crippen LogP contribution in [0.1, 0.15) is 58.3 Å². The highest BCUT2D eigenvalue weighted by atomic mass is 16.5. The summed E-state index contributed by atoms with van der Waals surface area (Å²) in [5.41, 5.74) is 3.16. The van der Waals surface area contributed by atoms with Gasteiger partial charge in [0.05, 0.1) is 17.7 Å². The van der Waals surface area contributed by atoms with Crippen molar-refractivity contribution >= 4 is 0 Å². The molecule has 3 unspecified atom stereocenters. The van der Waals surface area contributed by atoms with E-state index in [0.717, 1.165) is 25.9 Å². The average molecular weight is 270 g/mol. The van der Waals surface area contributed by atoms with Gasteiger partial charge in [0.25, 0.3) is 0 Å². The van der Waals surface area contributed by atoms with Crippen molar-refractivity contribution in [3.8, 4) is 0 Å². The van der Waals surface area contributed by atoms with E-state index in [1.807, 2.05) is 0 Å². The summed E-state index contributed by atoms with van der Waals surface area (Å²) in [5, 5.41) is 0. The number of hydrogen-bond acceptors (Lipinski definition) is 4. The molecule has 0 amide bonds. The summed E-state index contributed by atoms with van der Waals surface area (Å²) in [4.78, 5) is 0. The molecular weight excluding hydrogens is 240 g/mol. The Kier molecular flexibility index (Phi) is 5.63. The van der Waals surface area contributed by atoms with Crippen molar-refractivity contribution in [1.29, 1.82) is 0 Å². The maximum atomic E-state index is 6.17. The first kappa shape index (κ1) is 15.2. The average Bonchev–Trinajstić information content (AvgIpc) is 2.45. The van der Waals surface area contributed by atoms with Gasteiger partial charge in [-0.25, -0.2) is 0 Å². The topological polar surface area (TPSA) is 56.5 Å². The molecule has 2 rings (SSSR count). The molecule has 0 bridgehead atoms. The van der Waals surface area contributed by atoms with Crippen molar-refractivity contribution in [1.82, 2.24) is 5.43 Å². The Balaban J connectivity index is 2.02. The summed E-state index contributed by atoms with van der Waals surface area (Å²) >= 11 is 0. The maximum Gasteiger partial charge on any atom is 0.0737 e. The van der Waals surface area contributed by atoms with E-state index in [2.05, 4.69) is 12.3 Å². The Labute approximate surface area is 117 Å². The number of rotatable bonds is 5. The van der Waals surface area contributed by atoms with Crippen molar-refractivity contribution in [2.24, 2.45) is 11.8 Å². The molecule has 0 aromatic rings. The second-order valence-electron chi connectivity index (χ2n) is 6.22. The van der Waals surface area contributed by atoms with Gasteiger partial charge in [0.1, 0.15) is 0 Å². The van der Waals surface area contributed by atoms with Gasteiger partial charge in [-0.2, -0.15) is 0 Å². The first-order chi connectivity index (χ1) is 9.24. The van der Waals surface area contributed by atoms with Crippen LogP contribution in [0.4, 0.5) is 0 Å². The first-order valence-electron chi connectivity index (χ1n) is 7.87. The molecule has 3 atom stereocenters. The maximum absolute atomic E-state index is 6.17. The van der Waals surface area contributed by atoms with Gasteiger partial charge < -0.3 is 9.47 Å². The van der Waals surface area contributed by atoms with Crippen LogP contribution in [0.2, 0.25) is 0 Å². The van der Waals surface area contributed by atoms with E-state index in [1.54, 1.807) is 7.11 Å². The Morgan fingerprint density at radius 1 is 1.37 bits per heavy atom. The molecule has 1 heterocycles. The highest BCUT2D eigenvalue weighted by Gasteiger charge is 2.42. The van der Waals surface area contributed by atoms with E-state index in [1.165, 1.54) is 32.1 Å². The summed E-state index contributed by atoms with van der Waals surface area (Å²) in [6.45, 7) is 3.04. The first-order valence-corrected chi connectivity index (χ1v) is 7.87. The highest BCUT2D eigenvalue weighted by Crippen LogP contribution is 2.42. The fourth-order valence-electron chi connectivity index (χ4n) is 4.03. The minimum Gasteiger partial charge on any atom is -0.380 e. The summed E-state index contributed by atoms with van der Waals surface area (Å²) in [6.07, 6.45) is 9.88. The summed E-state index contributed by atoms with van der Waals surface area (Å²) in [7, 11) is 1.79. The highest BCUT2D eigenvalue weighted by molar-refractivity contribution is 4.94. The van der Waals surface area contributed by atoms with Crippen molar-refractivity contribution in [3.63, 3.8) is 0 Å². The molecule has 0 radical (unpaired) electrons. The minimum absolute atomic E-state index is 0.141. The molecule has 2 aliphatic rings. The third kappa shape index (κ3) is 3.48. The lowest BCUT2D eigenvalue weighted by atomic mass is 9.73. The van der Waals surface area contributed by atoms with Crippen LogP contribution in [-0.4, -0.2) is 31.5 Å². The van der Waals surface area contributed by atoms with Gasteiger partial charge in [0, 0.05) is 13.7 Å². The summed E-state index contributed by atoms with van der Waals surface area (Å²) < 4.78 is 11.8. The fraction of sp³-hybridized carbons (Fsp3) is 1.00. The van der Waals surface area contributed by atoms with Crippen LogP contribution in [0.15, 0.2) is 0 Å². The van der Waals surface area contributed by atoms with Crippen LogP contribution in [0, 0.1) is 5.92 Å². The van der Waals surface area contributed by atoms with E-state index >= 15 is 0 Å². The Hall–Kier alpha value is -0.160. The number of nitrogens with two attached hydrogens (primary N) is 1. The van der Waals surface area contributed by atoms with Gasteiger partial charge in [-0.15, -0.1) is 0 Å². The lowest BCUT2D eigenvalue weighted by Crippen LogP contribution is -2.54. The zero-order chi connectivity index (χ0) is 13.7. The molecular formula is C15H30N2O2. The third-order valence-electron chi connectivity index (χ3n) is 5.10. The number of hydrazine groups is 1. The molecule has 1 aliphatic carbocycles. The van der Waals surface area contributed by atoms with Crippen LogP contribution < -0.4 is 11.3 Å². The molecule has 112 valence electrons. The monoisotopic (exact) mass is 270 g/mol. The molecule has 1 aliphatic heterocycles. The number of hydrogen-bond donors (Lipinski definition) is 2. The van der Waals surface area contributed by atoms with E-state index in [-0.39, 0.29) is 17.7 Å². The molecule has 1 saturated carbocycles. The number of nitrogens with one attached hydrogen (secondary N) is 1. The molecule has 3 N–H and O–H groups in total. The van der Waals surface area contributed by atoms with Crippen molar-refractivity contribution < 1.29 is 9.47 Å². The lowest BCUT2D eigenvalue weighted by molar-refractivity contribution is -0.128. The summed E-state index contributed by atoms with van der Waals surface area (Å²) in [6, 6.07) is 0.248. The van der Waals surface area contributed by atoms with E-state index < -0.39 is 0 Å². The van der Waals surface area contributed by atoms with Crippen LogP contribution >= 0.6 is 0 Å². The molecule has 1 saturated heterocycles. The molecule has 2 fully saturated rings. The van der Waals surface area contributed by atoms with E-state index in [0.29, 0.717) is 5.92 Å². The minimum atomic E-state index is 0.141. The zero-order valence-electron chi connectivity index (χ0n) is 12.5. The van der Waals surface area contributed by atoms with Gasteiger partial charge in [-0.1, -0.05) is 26.2 Å². The van der Waals surface area contributed by atoms with E-state index in [9.17, 15) is 0 Å². The second-order valence-corrected chi connectivity index (χ2v) is 6.22. The largest absolute Gasteiger partial charge is 0.380 e. The van der Waals surface area contributed by atoms with Gasteiger partial charge in [-0.3, -0.25) is 11.3 Å². The number of ether oxygens (including phenoxy) is 2. The van der Waals surface area contributed by atoms with Crippen LogP contribution in [0.25, 0.3) is 0 Å². The van der Waals surface area contributed by atoms with Crippen molar-refractivity contribution in [2.75, 3.05) is 13.7 Å². The van der Waals surface area contributed by atoms with Crippen molar-refractivity contribution in [2.45, 2.75) is 76.0 Å². The van der Waals surface area contributed by atoms with Gasteiger partial charge >= 0.3 is 0 Å². The molecule has 4 nitrogen and oxygen atoms in total. The van der Waals surface area contributed by atoms with Gasteiger partial charge in [0.2, 0.25) is 0 Å². The van der Waals surface area contributed by atoms with Gasteiger partial charge in [0.15, 0.2) is 0 Å². The predicted molar refractivity (Wildman–Crippen MR) is 76.7 cm³/mol. The smallest absolute Gasteiger partial charge is 0.0737 e. The Morgan fingerprint density at radius 2 is 2.11 bits per heavy atom. The zero-order valence-corrected chi connectivity index (χ0v) is 12.5. The van der Waals surface area contributed by atoms with Crippen LogP contribution in [0.3, 0.4) is 0 Å². The molecule has 4 heteroatoms. The van der Waals surface area contributed by atoms with Crippen LogP contribution in [-0.2, 0) is 9.47 Å². The van der Waals surface area contributed by atoms with Gasteiger partial charge in [-0.05, 0) is 38.0 Å². The Bertz CT molecular complexity index is 257. The summed E-state index contributed by atoms with van der Waals surface area (Å²) in [5.74, 6) is 6.37. The molecule has 0 aromatic carbocycles. The number of methoxy groups -OCH3 is 1. The van der Waals surface area contributed by atoms with Crippen molar-refractivity contribution in [3.05, 3.63) is 0 Å². The fourth-order valence-corrected chi connectivity index (χ4v) is 4.03. The quantitative estimate of drug-likeness (QED) is 0.595. The predicted octanol–water partition coefficient (Wildman–Crippen LogP) is 2.37. The second kappa shape index (κ2) is 7.02. The molecule has 0 aromatic heterocycles.